The van der Waals surface area contributed by atoms with E-state index in [1.165, 1.54) is 250 Å². The number of rotatable bonds is 59. The van der Waals surface area contributed by atoms with Crippen molar-refractivity contribution in [2.75, 3.05) is 13.2 Å². The van der Waals surface area contributed by atoms with Crippen LogP contribution >= 0.6 is 0 Å². The molecule has 6 heteroatoms. The van der Waals surface area contributed by atoms with Gasteiger partial charge in [-0.25, -0.2) is 0 Å². The molecular weight excluding hydrogens is 863 g/mol. The number of ether oxygens (including phenoxy) is 1. The van der Waals surface area contributed by atoms with Gasteiger partial charge in [-0.1, -0.05) is 282 Å². The summed E-state index contributed by atoms with van der Waals surface area (Å²) in [6.45, 7) is 4.95. The first kappa shape index (κ1) is 68.3. The van der Waals surface area contributed by atoms with Crippen molar-refractivity contribution in [2.45, 2.75) is 360 Å². The van der Waals surface area contributed by atoms with E-state index in [0.29, 0.717) is 25.9 Å². The monoisotopic (exact) mass is 986 g/mol. The van der Waals surface area contributed by atoms with Gasteiger partial charge < -0.3 is 20.3 Å². The van der Waals surface area contributed by atoms with Crippen LogP contribution in [0.3, 0.4) is 0 Å². The Morgan fingerprint density at radius 2 is 0.671 bits per heavy atom. The molecule has 0 heterocycles. The number of esters is 1. The zero-order chi connectivity index (χ0) is 50.7. The maximum absolute atomic E-state index is 12.5. The third-order valence-electron chi connectivity index (χ3n) is 14.7. The fourth-order valence-corrected chi connectivity index (χ4v) is 9.87. The highest BCUT2D eigenvalue weighted by molar-refractivity contribution is 5.76. The molecule has 0 aromatic rings. The van der Waals surface area contributed by atoms with E-state index >= 15 is 0 Å². The zero-order valence-electron chi connectivity index (χ0n) is 47.3. The van der Waals surface area contributed by atoms with Gasteiger partial charge in [-0.3, -0.25) is 9.59 Å². The standard InChI is InChI=1S/C64H123NO5/c1-3-5-7-9-11-13-15-17-19-21-23-25-30-34-38-42-46-50-54-58-64(69)70-59-55-51-47-43-39-35-31-27-26-29-33-37-41-45-49-53-57-63(68)65-61(60-66)62(67)56-52-48-44-40-36-32-28-24-22-20-18-16-14-12-10-8-6-4-2/h17,19,26,29,61-62,66-67H,3-16,18,20-25,27-28,30-60H2,1-2H3,(H,65,68)/b19-17-,29-26-. The van der Waals surface area contributed by atoms with Crippen molar-refractivity contribution >= 4 is 11.9 Å². The van der Waals surface area contributed by atoms with Gasteiger partial charge in [-0.2, -0.15) is 0 Å². The normalized spacial score (nSPS) is 12.7. The Morgan fingerprint density at radius 1 is 0.386 bits per heavy atom. The molecule has 0 aromatic heterocycles. The van der Waals surface area contributed by atoms with Crippen molar-refractivity contribution in [3.63, 3.8) is 0 Å². The third kappa shape index (κ3) is 55.7. The Kier molecular flexibility index (Phi) is 58.5. The molecule has 3 N–H and O–H groups in total. The summed E-state index contributed by atoms with van der Waals surface area (Å²) in [5.74, 6) is -0.0518. The number of carbonyl (C=O) groups is 2. The summed E-state index contributed by atoms with van der Waals surface area (Å²) in [7, 11) is 0. The predicted octanol–water partition coefficient (Wildman–Crippen LogP) is 19.8. The minimum atomic E-state index is -0.675. The maximum Gasteiger partial charge on any atom is 0.305 e. The third-order valence-corrected chi connectivity index (χ3v) is 14.7. The molecular formula is C64H123NO5. The van der Waals surface area contributed by atoms with Crippen LogP contribution in [0.25, 0.3) is 0 Å². The summed E-state index contributed by atoms with van der Waals surface area (Å²) in [6, 6.07) is -0.554. The molecule has 70 heavy (non-hydrogen) atoms. The molecule has 2 atom stereocenters. The number of allylic oxidation sites excluding steroid dienone is 4. The molecule has 0 radical (unpaired) electrons. The molecule has 0 aliphatic carbocycles. The first-order valence-electron chi connectivity index (χ1n) is 31.6. The van der Waals surface area contributed by atoms with Gasteiger partial charge in [0, 0.05) is 12.8 Å². The molecule has 0 rings (SSSR count). The first-order valence-corrected chi connectivity index (χ1v) is 31.6. The summed E-state index contributed by atoms with van der Waals surface area (Å²) < 4.78 is 5.49. The first-order chi connectivity index (χ1) is 34.5. The number of aliphatic hydroxyl groups excluding tert-OH is 2. The van der Waals surface area contributed by atoms with E-state index in [1.54, 1.807) is 0 Å². The summed E-state index contributed by atoms with van der Waals surface area (Å²) >= 11 is 0. The molecule has 6 nitrogen and oxygen atoms in total. The second-order valence-electron chi connectivity index (χ2n) is 21.7. The minimum absolute atomic E-state index is 0.00251. The maximum atomic E-state index is 12.5. The van der Waals surface area contributed by atoms with Crippen molar-refractivity contribution in [3.8, 4) is 0 Å². The smallest absolute Gasteiger partial charge is 0.305 e. The number of nitrogens with one attached hydrogen (secondary N) is 1. The molecule has 0 saturated carbocycles. The van der Waals surface area contributed by atoms with E-state index in [4.69, 9.17) is 4.74 Å². The van der Waals surface area contributed by atoms with E-state index in [2.05, 4.69) is 43.5 Å². The van der Waals surface area contributed by atoms with E-state index < -0.39 is 12.1 Å². The van der Waals surface area contributed by atoms with E-state index in [1.807, 2.05) is 0 Å². The Hall–Kier alpha value is -1.66. The molecule has 0 aromatic carbocycles. The number of aliphatic hydroxyl groups is 2. The SMILES string of the molecule is CCCCCCCC/C=C\CCCCCCCCCCCC(=O)OCCCCCCCCC/C=C\CCCCCCCC(=O)NC(CO)C(O)CCCCCCCCCCCCCCCCCCCC. The highest BCUT2D eigenvalue weighted by Crippen LogP contribution is 2.18. The molecule has 414 valence electrons. The average molecular weight is 987 g/mol. The number of amides is 1. The molecule has 0 bridgehead atoms. The van der Waals surface area contributed by atoms with E-state index in [-0.39, 0.29) is 18.5 Å². The van der Waals surface area contributed by atoms with Crippen molar-refractivity contribution in [2.24, 2.45) is 0 Å². The van der Waals surface area contributed by atoms with E-state index in [9.17, 15) is 19.8 Å². The van der Waals surface area contributed by atoms with Gasteiger partial charge in [-0.15, -0.1) is 0 Å². The second-order valence-corrected chi connectivity index (χ2v) is 21.7. The number of unbranched alkanes of at least 4 members (excludes halogenated alkanes) is 44. The summed E-state index contributed by atoms with van der Waals surface area (Å²) in [4.78, 5) is 24.6. The Morgan fingerprint density at radius 3 is 1.01 bits per heavy atom. The molecule has 1 amide bonds. The van der Waals surface area contributed by atoms with Gasteiger partial charge in [0.2, 0.25) is 5.91 Å². The Labute approximate surface area is 437 Å². The lowest BCUT2D eigenvalue weighted by Gasteiger charge is -2.22. The zero-order valence-corrected chi connectivity index (χ0v) is 47.3. The van der Waals surface area contributed by atoms with Crippen LogP contribution < -0.4 is 5.32 Å². The van der Waals surface area contributed by atoms with Crippen LogP contribution in [-0.2, 0) is 14.3 Å². The number of carbonyl (C=O) groups excluding carboxylic acids is 2. The van der Waals surface area contributed by atoms with Gasteiger partial charge >= 0.3 is 5.97 Å². The molecule has 2 unspecified atom stereocenters. The quantitative estimate of drug-likeness (QED) is 0.0321. The van der Waals surface area contributed by atoms with Gasteiger partial charge in [0.05, 0.1) is 25.4 Å². The highest BCUT2D eigenvalue weighted by Gasteiger charge is 2.20. The largest absolute Gasteiger partial charge is 0.466 e. The topological polar surface area (TPSA) is 95.9 Å². The van der Waals surface area contributed by atoms with E-state index in [0.717, 1.165) is 64.2 Å². The molecule has 0 spiro atoms. The van der Waals surface area contributed by atoms with Gasteiger partial charge in [0.1, 0.15) is 0 Å². The van der Waals surface area contributed by atoms with Crippen molar-refractivity contribution < 1.29 is 24.5 Å². The van der Waals surface area contributed by atoms with Crippen LogP contribution in [0.4, 0.5) is 0 Å². The second kappa shape index (κ2) is 59.9. The highest BCUT2D eigenvalue weighted by atomic mass is 16.5. The lowest BCUT2D eigenvalue weighted by atomic mass is 10.0. The van der Waals surface area contributed by atoms with Crippen LogP contribution in [0.2, 0.25) is 0 Å². The van der Waals surface area contributed by atoms with Crippen LogP contribution in [0, 0.1) is 0 Å². The fourth-order valence-electron chi connectivity index (χ4n) is 9.87. The summed E-state index contributed by atoms with van der Waals surface area (Å²) in [6.07, 6.45) is 73.2. The van der Waals surface area contributed by atoms with Crippen molar-refractivity contribution in [3.05, 3.63) is 24.3 Å². The van der Waals surface area contributed by atoms with Crippen molar-refractivity contribution in [1.29, 1.82) is 0 Å². The van der Waals surface area contributed by atoms with Gasteiger partial charge in [0.15, 0.2) is 0 Å². The molecule has 0 saturated heterocycles. The molecule has 0 aliphatic heterocycles. The van der Waals surface area contributed by atoms with Crippen molar-refractivity contribution in [1.82, 2.24) is 5.32 Å². The number of hydrogen-bond donors (Lipinski definition) is 3. The lowest BCUT2D eigenvalue weighted by Crippen LogP contribution is -2.45. The summed E-state index contributed by atoms with van der Waals surface area (Å²) in [5, 5.41) is 23.3. The Bertz CT molecular complexity index is 1090. The van der Waals surface area contributed by atoms with Crippen LogP contribution in [-0.4, -0.2) is 47.4 Å². The van der Waals surface area contributed by atoms with Gasteiger partial charge in [0.25, 0.3) is 0 Å². The lowest BCUT2D eigenvalue weighted by molar-refractivity contribution is -0.143. The number of hydrogen-bond acceptors (Lipinski definition) is 5. The Balaban J connectivity index is 3.44. The molecule has 0 fully saturated rings. The van der Waals surface area contributed by atoms with Crippen LogP contribution in [0.15, 0.2) is 24.3 Å². The predicted molar refractivity (Wildman–Crippen MR) is 306 cm³/mol. The van der Waals surface area contributed by atoms with Crippen LogP contribution in [0.1, 0.15) is 348 Å². The molecule has 0 aliphatic rings. The minimum Gasteiger partial charge on any atom is -0.466 e. The average Bonchev–Trinajstić information content (AvgIpc) is 3.36. The fraction of sp³-hybridized carbons (Fsp3) is 0.906. The van der Waals surface area contributed by atoms with Gasteiger partial charge in [-0.05, 0) is 77.0 Å². The van der Waals surface area contributed by atoms with Crippen LogP contribution in [0.5, 0.6) is 0 Å². The summed E-state index contributed by atoms with van der Waals surface area (Å²) in [5.41, 5.74) is 0.